The van der Waals surface area contributed by atoms with Gasteiger partial charge in [0.05, 0.1) is 0 Å². The minimum atomic E-state index is -0.586. The first kappa shape index (κ1) is 17.7. The lowest BCUT2D eigenvalue weighted by Gasteiger charge is -2.19. The van der Waals surface area contributed by atoms with Crippen molar-refractivity contribution >= 4 is 17.4 Å². The van der Waals surface area contributed by atoms with Crippen LogP contribution in [-0.2, 0) is 11.2 Å². The first-order valence-electron chi connectivity index (χ1n) is 8.41. The largest absolute Gasteiger partial charge is 0.396 e. The molecule has 6 nitrogen and oxygen atoms in total. The van der Waals surface area contributed by atoms with Crippen molar-refractivity contribution in [2.75, 3.05) is 17.2 Å². The molecule has 0 bridgehead atoms. The summed E-state index contributed by atoms with van der Waals surface area (Å²) in [7, 11) is 0. The summed E-state index contributed by atoms with van der Waals surface area (Å²) in [5, 5.41) is 18.9. The molecule has 0 aliphatic heterocycles. The third kappa shape index (κ3) is 4.49. The summed E-state index contributed by atoms with van der Waals surface area (Å²) in [5.74, 6) is 0.779. The molecule has 0 saturated heterocycles. The van der Waals surface area contributed by atoms with Gasteiger partial charge in [-0.3, -0.25) is 4.79 Å². The van der Waals surface area contributed by atoms with E-state index in [1.807, 2.05) is 54.6 Å². The van der Waals surface area contributed by atoms with Crippen LogP contribution in [-0.4, -0.2) is 22.8 Å². The number of aryl methyl sites for hydroxylation is 1. The minimum absolute atomic E-state index is 0.110. The predicted molar refractivity (Wildman–Crippen MR) is 99.9 cm³/mol. The highest BCUT2D eigenvalue weighted by Gasteiger charge is 2.21. The summed E-state index contributed by atoms with van der Waals surface area (Å²) in [4.78, 5) is 12.8. The number of aromatic nitrogens is 1. The number of aliphatic hydroxyl groups excluding tert-OH is 1. The third-order valence-corrected chi connectivity index (χ3v) is 3.94. The average Bonchev–Trinajstić information content (AvgIpc) is 3.06. The maximum Gasteiger partial charge on any atom is 0.252 e. The van der Waals surface area contributed by atoms with Gasteiger partial charge in [-0.2, -0.15) is 0 Å². The molecule has 0 aliphatic rings. The van der Waals surface area contributed by atoms with E-state index in [1.165, 1.54) is 0 Å². The van der Waals surface area contributed by atoms with Crippen molar-refractivity contribution < 1.29 is 14.4 Å². The van der Waals surface area contributed by atoms with Gasteiger partial charge in [-0.15, -0.1) is 0 Å². The molecule has 0 aliphatic carbocycles. The predicted octanol–water partition coefficient (Wildman–Crippen LogP) is 3.31. The van der Waals surface area contributed by atoms with Gasteiger partial charge in [0.25, 0.3) is 5.91 Å². The molecule has 3 rings (SSSR count). The molecule has 1 amide bonds. The number of hydrogen-bond acceptors (Lipinski definition) is 5. The molecule has 1 unspecified atom stereocenters. The number of carbonyl (C=O) groups is 1. The SMILES string of the molecule is Cc1cc(NC(=O)C(Nc2ccc(CCO)cc2)c2ccccc2)no1. The van der Waals surface area contributed by atoms with Crippen LogP contribution in [0, 0.1) is 6.92 Å². The van der Waals surface area contributed by atoms with Crippen LogP contribution >= 0.6 is 0 Å². The van der Waals surface area contributed by atoms with E-state index in [4.69, 9.17) is 9.63 Å². The highest BCUT2D eigenvalue weighted by atomic mass is 16.5. The fourth-order valence-electron chi connectivity index (χ4n) is 2.63. The van der Waals surface area contributed by atoms with E-state index in [0.29, 0.717) is 18.0 Å². The summed E-state index contributed by atoms with van der Waals surface area (Å²) >= 11 is 0. The lowest BCUT2D eigenvalue weighted by Crippen LogP contribution is -2.27. The van der Waals surface area contributed by atoms with Crippen LogP contribution in [0.25, 0.3) is 0 Å². The second kappa shape index (κ2) is 8.31. The van der Waals surface area contributed by atoms with E-state index in [1.54, 1.807) is 13.0 Å². The number of carbonyl (C=O) groups excluding carboxylic acids is 1. The fraction of sp³-hybridized carbons (Fsp3) is 0.200. The molecule has 1 atom stereocenters. The Morgan fingerprint density at radius 3 is 2.50 bits per heavy atom. The van der Waals surface area contributed by atoms with Gasteiger partial charge >= 0.3 is 0 Å². The summed E-state index contributed by atoms with van der Waals surface area (Å²) in [6, 6.07) is 18.2. The Balaban J connectivity index is 1.80. The quantitative estimate of drug-likeness (QED) is 0.608. The van der Waals surface area contributed by atoms with Gasteiger partial charge in [0.15, 0.2) is 5.82 Å². The first-order chi connectivity index (χ1) is 12.7. The molecular weight excluding hydrogens is 330 g/mol. The summed E-state index contributed by atoms with van der Waals surface area (Å²) in [5.41, 5.74) is 2.69. The number of anilines is 2. The molecule has 0 fully saturated rings. The van der Waals surface area contributed by atoms with Crippen LogP contribution in [0.15, 0.2) is 65.2 Å². The van der Waals surface area contributed by atoms with Crippen molar-refractivity contribution in [3.05, 3.63) is 77.6 Å². The van der Waals surface area contributed by atoms with E-state index in [0.717, 1.165) is 16.8 Å². The van der Waals surface area contributed by atoms with Crippen molar-refractivity contribution in [2.45, 2.75) is 19.4 Å². The summed E-state index contributed by atoms with van der Waals surface area (Å²) < 4.78 is 5.00. The van der Waals surface area contributed by atoms with E-state index < -0.39 is 6.04 Å². The lowest BCUT2D eigenvalue weighted by molar-refractivity contribution is -0.117. The molecule has 1 heterocycles. The summed E-state index contributed by atoms with van der Waals surface area (Å²) in [6.07, 6.45) is 0.606. The Morgan fingerprint density at radius 1 is 1.15 bits per heavy atom. The van der Waals surface area contributed by atoms with E-state index in [-0.39, 0.29) is 12.5 Å². The van der Waals surface area contributed by atoms with Crippen molar-refractivity contribution in [3.63, 3.8) is 0 Å². The highest BCUT2D eigenvalue weighted by molar-refractivity contribution is 5.96. The monoisotopic (exact) mass is 351 g/mol. The van der Waals surface area contributed by atoms with Crippen LogP contribution < -0.4 is 10.6 Å². The van der Waals surface area contributed by atoms with Gasteiger partial charge in [0.1, 0.15) is 11.8 Å². The van der Waals surface area contributed by atoms with Gasteiger partial charge in [-0.1, -0.05) is 47.6 Å². The Labute approximate surface area is 151 Å². The van der Waals surface area contributed by atoms with Gasteiger partial charge < -0.3 is 20.3 Å². The Bertz CT molecular complexity index is 844. The normalized spacial score (nSPS) is 11.8. The van der Waals surface area contributed by atoms with E-state index >= 15 is 0 Å². The standard InChI is InChI=1S/C20H21N3O3/c1-14-13-18(23-26-14)22-20(25)19(16-5-3-2-4-6-16)21-17-9-7-15(8-10-17)11-12-24/h2-10,13,19,21,24H,11-12H2,1H3,(H,22,23,25). The number of aliphatic hydroxyl groups is 1. The first-order valence-corrected chi connectivity index (χ1v) is 8.41. The van der Waals surface area contributed by atoms with Gasteiger partial charge in [0.2, 0.25) is 0 Å². The Morgan fingerprint density at radius 2 is 1.88 bits per heavy atom. The molecule has 2 aromatic carbocycles. The average molecular weight is 351 g/mol. The smallest absolute Gasteiger partial charge is 0.252 e. The van der Waals surface area contributed by atoms with Crippen molar-refractivity contribution in [1.82, 2.24) is 5.16 Å². The molecular formula is C20H21N3O3. The van der Waals surface area contributed by atoms with Gasteiger partial charge in [-0.25, -0.2) is 0 Å². The zero-order valence-corrected chi connectivity index (χ0v) is 14.5. The van der Waals surface area contributed by atoms with Crippen molar-refractivity contribution in [2.24, 2.45) is 0 Å². The van der Waals surface area contributed by atoms with Crippen LogP contribution in [0.2, 0.25) is 0 Å². The number of nitrogens with one attached hydrogen (secondary N) is 2. The number of amides is 1. The summed E-state index contributed by atoms with van der Waals surface area (Å²) in [6.45, 7) is 1.88. The zero-order valence-electron chi connectivity index (χ0n) is 14.5. The highest BCUT2D eigenvalue weighted by Crippen LogP contribution is 2.22. The zero-order chi connectivity index (χ0) is 18.4. The molecule has 134 valence electrons. The Hall–Kier alpha value is -3.12. The lowest BCUT2D eigenvalue weighted by atomic mass is 10.1. The second-order valence-electron chi connectivity index (χ2n) is 5.97. The fourth-order valence-corrected chi connectivity index (χ4v) is 2.63. The number of rotatable bonds is 7. The second-order valence-corrected chi connectivity index (χ2v) is 5.97. The van der Waals surface area contributed by atoms with Crippen LogP contribution in [0.1, 0.15) is 22.9 Å². The van der Waals surface area contributed by atoms with Crippen molar-refractivity contribution in [3.8, 4) is 0 Å². The molecule has 26 heavy (non-hydrogen) atoms. The minimum Gasteiger partial charge on any atom is -0.396 e. The molecule has 0 radical (unpaired) electrons. The van der Waals surface area contributed by atoms with Crippen LogP contribution in [0.5, 0.6) is 0 Å². The van der Waals surface area contributed by atoms with Gasteiger partial charge in [-0.05, 0) is 36.6 Å². The topological polar surface area (TPSA) is 87.4 Å². The molecule has 3 aromatic rings. The molecule has 0 saturated carbocycles. The van der Waals surface area contributed by atoms with Gasteiger partial charge in [0, 0.05) is 18.4 Å². The van der Waals surface area contributed by atoms with Crippen LogP contribution in [0.3, 0.4) is 0 Å². The van der Waals surface area contributed by atoms with Crippen LogP contribution in [0.4, 0.5) is 11.5 Å². The maximum atomic E-state index is 12.8. The van der Waals surface area contributed by atoms with Crippen molar-refractivity contribution in [1.29, 1.82) is 0 Å². The van der Waals surface area contributed by atoms with E-state index in [9.17, 15) is 4.79 Å². The number of nitrogens with zero attached hydrogens (tertiary/aromatic N) is 1. The molecule has 6 heteroatoms. The molecule has 1 aromatic heterocycles. The molecule has 0 spiro atoms. The number of hydrogen-bond donors (Lipinski definition) is 3. The third-order valence-electron chi connectivity index (χ3n) is 3.94. The number of benzene rings is 2. The molecule has 3 N–H and O–H groups in total. The Kier molecular flexibility index (Phi) is 5.66. The maximum absolute atomic E-state index is 12.8. The van der Waals surface area contributed by atoms with E-state index in [2.05, 4.69) is 15.8 Å².